The van der Waals surface area contributed by atoms with Crippen molar-refractivity contribution in [3.05, 3.63) is 67.1 Å². The molecule has 0 saturated carbocycles. The van der Waals surface area contributed by atoms with Gasteiger partial charge in [0.15, 0.2) is 15.5 Å². The summed E-state index contributed by atoms with van der Waals surface area (Å²) in [7, 11) is 2.35. The Morgan fingerprint density at radius 1 is 0.577 bits per heavy atom. The van der Waals surface area contributed by atoms with Crippen molar-refractivity contribution in [3.63, 3.8) is 0 Å². The first-order valence-corrected chi connectivity index (χ1v) is 19.7. The first-order valence-electron chi connectivity index (χ1n) is 14.3. The smallest absolute Gasteiger partial charge is 0.247 e. The summed E-state index contributed by atoms with van der Waals surface area (Å²) in [5, 5.41) is 2.75. The van der Waals surface area contributed by atoms with Crippen LogP contribution < -0.4 is 18.9 Å². The topological polar surface area (TPSA) is 148 Å². The zero-order valence-corrected chi connectivity index (χ0v) is 33.8. The number of hydrogen-bond donors (Lipinski definition) is 0. The van der Waals surface area contributed by atoms with E-state index in [-0.39, 0.29) is 31.0 Å². The van der Waals surface area contributed by atoms with Gasteiger partial charge in [0.25, 0.3) is 0 Å². The van der Waals surface area contributed by atoms with Crippen LogP contribution in [0.4, 0.5) is 0 Å². The Bertz CT molecular complexity index is 2420. The number of ether oxygens (including phenoxy) is 4. The van der Waals surface area contributed by atoms with Crippen molar-refractivity contribution in [1.29, 1.82) is 0 Å². The predicted octanol–water partition coefficient (Wildman–Crippen LogP) is 9.46. The van der Waals surface area contributed by atoms with Crippen LogP contribution in [0, 0.1) is 0 Å². The van der Waals surface area contributed by atoms with E-state index in [0.29, 0.717) is 71.6 Å². The number of benzene rings is 2. The molecule has 2 aromatic carbocycles. The molecule has 20 heteroatoms. The zero-order valence-electron chi connectivity index (χ0n) is 27.7. The summed E-state index contributed by atoms with van der Waals surface area (Å²) in [6, 6.07) is 6.54. The molecule has 0 aliphatic carbocycles. The molecule has 0 atom stereocenters. The number of sulfone groups is 1. The molecule has 6 rings (SSSR count). The maximum Gasteiger partial charge on any atom is 0.247 e. The average Bonchev–Trinajstić information content (AvgIpc) is 3.11. The quantitative estimate of drug-likeness (QED) is 0.0813. The number of aromatic nitrogens is 6. The van der Waals surface area contributed by atoms with Crippen LogP contribution in [-0.4, -0.2) is 79.3 Å². The van der Waals surface area contributed by atoms with Crippen LogP contribution in [0.15, 0.2) is 47.0 Å². The second-order valence-corrected chi connectivity index (χ2v) is 15.2. The molecule has 4 heterocycles. The normalized spacial score (nSPS) is 11.3. The number of thioether (sulfide) groups is 1. The molecule has 0 N–H and O–H groups in total. The third-order valence-corrected chi connectivity index (χ3v) is 10.6. The van der Waals surface area contributed by atoms with Crippen LogP contribution in [0.1, 0.15) is 0 Å². The molecule has 272 valence electrons. The van der Waals surface area contributed by atoms with Gasteiger partial charge in [-0.25, -0.2) is 38.3 Å². The third kappa shape index (κ3) is 7.94. The standard InChI is InChI=1S/C16H12Cl3N3O4S.C16H12Cl3N3O2S/c1-25-9-5-10(26-2)13(18)11(12(9)17)8-4-7-6-20-16(27(3,23)24)22-14(7)15(19)21-8;1-23-9-5-10(24-2)13(18)11(12(9)17)8-4-7-6-20-16(25-3)22-14(7)15(19)21-8/h4-6H,1-3H3;4-6H,1-3H3. The predicted molar refractivity (Wildman–Crippen MR) is 207 cm³/mol. The minimum atomic E-state index is -3.59. The Morgan fingerprint density at radius 2 is 0.962 bits per heavy atom. The number of rotatable bonds is 8. The SMILES string of the molecule is COc1cc(OC)c(Cl)c(-c2cc3cnc(S(C)(=O)=O)nc3c(Cl)n2)c1Cl.COc1cc(OC)c(Cl)c(-c2cc3cnc(SC)nc3c(Cl)n2)c1Cl. The molecule has 0 aliphatic rings. The summed E-state index contributed by atoms with van der Waals surface area (Å²) in [6.07, 6.45) is 5.92. The van der Waals surface area contributed by atoms with Crippen molar-refractivity contribution < 1.29 is 27.4 Å². The molecule has 0 radical (unpaired) electrons. The third-order valence-electron chi connectivity index (χ3n) is 7.18. The maximum atomic E-state index is 11.7. The Labute approximate surface area is 332 Å². The molecule has 0 bridgehead atoms. The molecule has 0 amide bonds. The van der Waals surface area contributed by atoms with Gasteiger partial charge in [0.2, 0.25) is 15.0 Å². The van der Waals surface area contributed by atoms with Crippen LogP contribution in [-0.2, 0) is 9.84 Å². The second kappa shape index (κ2) is 16.4. The molecule has 52 heavy (non-hydrogen) atoms. The number of hydrogen-bond acceptors (Lipinski definition) is 13. The van der Waals surface area contributed by atoms with Crippen molar-refractivity contribution in [3.8, 4) is 45.5 Å². The molecule has 0 fully saturated rings. The zero-order chi connectivity index (χ0) is 38.1. The number of halogens is 6. The highest BCUT2D eigenvalue weighted by Crippen LogP contribution is 2.47. The van der Waals surface area contributed by atoms with E-state index in [0.717, 1.165) is 11.6 Å². The fraction of sp³-hybridized carbons (Fsp3) is 0.188. The largest absolute Gasteiger partial charge is 0.495 e. The molecule has 12 nitrogen and oxygen atoms in total. The van der Waals surface area contributed by atoms with Gasteiger partial charge < -0.3 is 18.9 Å². The highest BCUT2D eigenvalue weighted by atomic mass is 35.5. The van der Waals surface area contributed by atoms with Crippen molar-refractivity contribution in [2.45, 2.75) is 10.3 Å². The summed E-state index contributed by atoms with van der Waals surface area (Å²) in [5.41, 5.74) is 2.38. The van der Waals surface area contributed by atoms with E-state index in [1.54, 1.807) is 30.5 Å². The number of nitrogens with zero attached hydrogens (tertiary/aromatic N) is 6. The number of fused-ring (bicyclic) bond motifs is 2. The number of pyridine rings is 2. The van der Waals surface area contributed by atoms with Gasteiger partial charge in [0.05, 0.1) is 59.9 Å². The van der Waals surface area contributed by atoms with Crippen LogP contribution in [0.2, 0.25) is 30.4 Å². The lowest BCUT2D eigenvalue weighted by molar-refractivity contribution is 0.394. The molecule has 0 spiro atoms. The molecule has 6 aromatic rings. The Kier molecular flexibility index (Phi) is 12.5. The average molecular weight is 865 g/mol. The van der Waals surface area contributed by atoms with Crippen LogP contribution >= 0.6 is 81.4 Å². The monoisotopic (exact) mass is 862 g/mol. The number of methoxy groups -OCH3 is 4. The van der Waals surface area contributed by atoms with Crippen molar-refractivity contribution in [2.75, 3.05) is 41.0 Å². The molecular weight excluding hydrogens is 841 g/mol. The fourth-order valence-corrected chi connectivity index (χ4v) is 7.44. The second-order valence-electron chi connectivity index (χ2n) is 10.3. The van der Waals surface area contributed by atoms with Gasteiger partial charge >= 0.3 is 0 Å². The van der Waals surface area contributed by atoms with E-state index >= 15 is 0 Å². The van der Waals surface area contributed by atoms with E-state index in [9.17, 15) is 8.42 Å². The maximum absolute atomic E-state index is 11.7. The van der Waals surface area contributed by atoms with E-state index in [2.05, 4.69) is 29.9 Å². The lowest BCUT2D eigenvalue weighted by atomic mass is 10.1. The van der Waals surface area contributed by atoms with Gasteiger partial charge in [0.1, 0.15) is 34.0 Å². The summed E-state index contributed by atoms with van der Waals surface area (Å²) >= 11 is 39.7. The van der Waals surface area contributed by atoms with Crippen LogP contribution in [0.3, 0.4) is 0 Å². The summed E-state index contributed by atoms with van der Waals surface area (Å²) in [4.78, 5) is 25.2. The van der Waals surface area contributed by atoms with Crippen LogP contribution in [0.5, 0.6) is 23.0 Å². The first-order chi connectivity index (χ1) is 24.7. The van der Waals surface area contributed by atoms with Gasteiger partial charge in [-0.2, -0.15) is 0 Å². The summed E-state index contributed by atoms with van der Waals surface area (Å²) < 4.78 is 44.4. The minimum absolute atomic E-state index is 0.0243. The summed E-state index contributed by atoms with van der Waals surface area (Å²) in [6.45, 7) is 0. The lowest BCUT2D eigenvalue weighted by Gasteiger charge is -2.15. The minimum Gasteiger partial charge on any atom is -0.495 e. The van der Waals surface area contributed by atoms with E-state index in [1.165, 1.54) is 46.4 Å². The molecule has 4 aromatic heterocycles. The highest BCUT2D eigenvalue weighted by Gasteiger charge is 2.23. The Morgan fingerprint density at radius 3 is 1.33 bits per heavy atom. The molecule has 0 aliphatic heterocycles. The van der Waals surface area contributed by atoms with Gasteiger partial charge in [-0.15, -0.1) is 0 Å². The molecular formula is C32H24Cl6N6O6S2. The summed E-state index contributed by atoms with van der Waals surface area (Å²) in [5.74, 6) is 1.53. The van der Waals surface area contributed by atoms with Gasteiger partial charge in [-0.05, 0) is 18.4 Å². The van der Waals surface area contributed by atoms with Crippen molar-refractivity contribution >= 4 is 113 Å². The fourth-order valence-electron chi connectivity index (χ4n) is 4.72. The van der Waals surface area contributed by atoms with E-state index < -0.39 is 9.84 Å². The first kappa shape index (κ1) is 39.9. The van der Waals surface area contributed by atoms with Crippen molar-refractivity contribution in [2.24, 2.45) is 0 Å². The van der Waals surface area contributed by atoms with Gasteiger partial charge in [-0.3, -0.25) is 0 Å². The van der Waals surface area contributed by atoms with Crippen molar-refractivity contribution in [1.82, 2.24) is 29.9 Å². The van der Waals surface area contributed by atoms with Crippen LogP contribution in [0.25, 0.3) is 44.3 Å². The Balaban J connectivity index is 0.000000202. The highest BCUT2D eigenvalue weighted by molar-refractivity contribution is 7.98. The lowest BCUT2D eigenvalue weighted by Crippen LogP contribution is -2.04. The van der Waals surface area contributed by atoms with Gasteiger partial charge in [0, 0.05) is 52.7 Å². The molecule has 0 unspecified atom stereocenters. The molecule has 0 saturated heterocycles. The Hall–Kier alpha value is -3.34. The van der Waals surface area contributed by atoms with E-state index in [4.69, 9.17) is 88.6 Å². The van der Waals surface area contributed by atoms with Gasteiger partial charge in [-0.1, -0.05) is 81.4 Å². The van der Waals surface area contributed by atoms with E-state index in [1.807, 2.05) is 6.26 Å².